The van der Waals surface area contributed by atoms with Gasteiger partial charge in [0.05, 0.1) is 22.6 Å². The summed E-state index contributed by atoms with van der Waals surface area (Å²) in [5.74, 6) is 0.699. The first-order valence-corrected chi connectivity index (χ1v) is 21.2. The van der Waals surface area contributed by atoms with Crippen LogP contribution in [-0.2, 0) is 0 Å². The van der Waals surface area contributed by atoms with Gasteiger partial charge in [0.25, 0.3) is 0 Å². The molecule has 0 saturated heterocycles. The van der Waals surface area contributed by atoms with Gasteiger partial charge in [-0.15, -0.1) is 0 Å². The lowest BCUT2D eigenvalue weighted by Crippen LogP contribution is -1.96. The Morgan fingerprint density at radius 3 is 1.41 bits per heavy atom. The Kier molecular flexibility index (Phi) is 8.79. The lowest BCUT2D eigenvalue weighted by Gasteiger charge is -2.13. The molecule has 0 bridgehead atoms. The van der Waals surface area contributed by atoms with Gasteiger partial charge in [0.15, 0.2) is 5.82 Å². The number of rotatable bonds is 7. The zero-order valence-corrected chi connectivity index (χ0v) is 34.1. The number of pyridine rings is 1. The van der Waals surface area contributed by atoms with E-state index in [2.05, 4.69) is 170 Å². The first kappa shape index (κ1) is 36.4. The molecule has 294 valence electrons. The van der Waals surface area contributed by atoms with Gasteiger partial charge in [0, 0.05) is 49.2 Å². The van der Waals surface area contributed by atoms with Crippen LogP contribution in [0.2, 0.25) is 0 Å². The predicted molar refractivity (Wildman–Crippen MR) is 260 cm³/mol. The van der Waals surface area contributed by atoms with Gasteiger partial charge in [-0.05, 0) is 75.8 Å². The van der Waals surface area contributed by atoms with E-state index in [1.165, 1.54) is 0 Å². The van der Waals surface area contributed by atoms with Crippen LogP contribution in [0.3, 0.4) is 0 Å². The summed E-state index contributed by atoms with van der Waals surface area (Å²) in [6, 6.07) is 78.6. The van der Waals surface area contributed by atoms with E-state index in [1.54, 1.807) is 0 Å². The minimum absolute atomic E-state index is 0.699. The number of furan rings is 1. The number of hydrogen-bond donors (Lipinski definition) is 0. The maximum absolute atomic E-state index is 6.39. The van der Waals surface area contributed by atoms with Gasteiger partial charge in [-0.2, -0.15) is 0 Å². The summed E-state index contributed by atoms with van der Waals surface area (Å²) in [4.78, 5) is 15.4. The predicted octanol–water partition coefficient (Wildman–Crippen LogP) is 15.7. The van der Waals surface area contributed by atoms with Crippen molar-refractivity contribution in [3.05, 3.63) is 224 Å². The summed E-state index contributed by atoms with van der Waals surface area (Å²) < 4.78 is 6.39. The molecule has 0 unspecified atom stereocenters. The largest absolute Gasteiger partial charge is 0.456 e. The maximum atomic E-state index is 6.39. The lowest BCUT2D eigenvalue weighted by molar-refractivity contribution is 0.669. The molecule has 0 amide bonds. The Hall–Kier alpha value is -8.47. The summed E-state index contributed by atoms with van der Waals surface area (Å²) in [7, 11) is 0. The van der Waals surface area contributed by atoms with Gasteiger partial charge in [-0.3, -0.25) is 0 Å². The topological polar surface area (TPSA) is 51.8 Å². The second-order valence-corrected chi connectivity index (χ2v) is 15.9. The van der Waals surface area contributed by atoms with Crippen molar-refractivity contribution in [3.8, 4) is 78.5 Å². The molecule has 63 heavy (non-hydrogen) atoms. The van der Waals surface area contributed by atoms with Crippen molar-refractivity contribution in [1.82, 2.24) is 15.0 Å². The smallest absolute Gasteiger partial charge is 0.160 e. The fourth-order valence-electron chi connectivity index (χ4n) is 8.94. The normalized spacial score (nSPS) is 11.5. The Balaban J connectivity index is 0.872. The summed E-state index contributed by atoms with van der Waals surface area (Å²) >= 11 is 0. The van der Waals surface area contributed by atoms with E-state index in [9.17, 15) is 0 Å². The van der Waals surface area contributed by atoms with E-state index < -0.39 is 0 Å². The van der Waals surface area contributed by atoms with Gasteiger partial charge in [0.2, 0.25) is 0 Å². The quantitative estimate of drug-likeness (QED) is 0.151. The van der Waals surface area contributed by atoms with E-state index in [1.807, 2.05) is 54.6 Å². The fourth-order valence-corrected chi connectivity index (χ4v) is 8.94. The van der Waals surface area contributed by atoms with Gasteiger partial charge in [-0.25, -0.2) is 15.0 Å². The molecule has 3 aromatic heterocycles. The van der Waals surface area contributed by atoms with Crippen molar-refractivity contribution in [2.45, 2.75) is 0 Å². The van der Waals surface area contributed by atoms with Crippen LogP contribution in [0.4, 0.5) is 0 Å². The Morgan fingerprint density at radius 1 is 0.270 bits per heavy atom. The van der Waals surface area contributed by atoms with E-state index in [0.29, 0.717) is 5.82 Å². The Labute approximate surface area is 364 Å². The fraction of sp³-hybridized carbons (Fsp3) is 0. The molecule has 9 aromatic carbocycles. The third-order valence-electron chi connectivity index (χ3n) is 12.1. The summed E-state index contributed by atoms with van der Waals surface area (Å²) in [5, 5.41) is 5.61. The van der Waals surface area contributed by atoms with E-state index in [-0.39, 0.29) is 0 Å². The van der Waals surface area contributed by atoms with Crippen molar-refractivity contribution < 1.29 is 4.42 Å². The molecule has 0 aliphatic carbocycles. The second-order valence-electron chi connectivity index (χ2n) is 15.9. The average Bonchev–Trinajstić information content (AvgIpc) is 3.76. The third-order valence-corrected chi connectivity index (χ3v) is 12.1. The molecule has 12 rings (SSSR count). The highest BCUT2D eigenvalue weighted by atomic mass is 16.3. The highest BCUT2D eigenvalue weighted by Gasteiger charge is 2.18. The third kappa shape index (κ3) is 6.62. The molecule has 12 aromatic rings. The van der Waals surface area contributed by atoms with Crippen LogP contribution < -0.4 is 0 Å². The summed E-state index contributed by atoms with van der Waals surface area (Å²) in [6.45, 7) is 0. The molecule has 0 aliphatic heterocycles. The maximum Gasteiger partial charge on any atom is 0.160 e. The number of fused-ring (bicyclic) bond motifs is 7. The molecule has 0 atom stereocenters. The summed E-state index contributed by atoms with van der Waals surface area (Å²) in [5.41, 5.74) is 16.5. The average molecular weight is 804 g/mol. The molecule has 0 N–H and O–H groups in total. The highest BCUT2D eigenvalue weighted by Crippen LogP contribution is 2.42. The number of hydrogen-bond acceptors (Lipinski definition) is 4. The minimum atomic E-state index is 0.699. The Bertz CT molecular complexity index is 3580. The minimum Gasteiger partial charge on any atom is -0.456 e. The molecule has 0 saturated carbocycles. The molecular weight excluding hydrogens is 767 g/mol. The lowest BCUT2D eigenvalue weighted by atomic mass is 9.93. The molecular formula is C59H37N3O. The molecule has 4 nitrogen and oxygen atoms in total. The highest BCUT2D eigenvalue weighted by molar-refractivity contribution is 6.28. The standard InChI is InChI=1S/C59H37N3O/c1-4-13-42(14-5-1)52-37-53(43-15-6-2-7-16-43)62-59(61-52)47-20-12-19-45(35-47)40-27-23-38(24-28-40)39-25-29-41(30-26-39)46-31-33-51-50(36-46)56-49(58(60-51)44-17-8-3-9-18-44)32-34-55-57(56)48-21-10-11-22-54(48)63-55/h1-37H. The van der Waals surface area contributed by atoms with Gasteiger partial charge in [0.1, 0.15) is 11.2 Å². The number of aromatic nitrogens is 3. The monoisotopic (exact) mass is 803 g/mol. The summed E-state index contributed by atoms with van der Waals surface area (Å²) in [6.07, 6.45) is 0. The van der Waals surface area contributed by atoms with Crippen molar-refractivity contribution in [3.63, 3.8) is 0 Å². The van der Waals surface area contributed by atoms with Crippen LogP contribution in [-0.4, -0.2) is 15.0 Å². The van der Waals surface area contributed by atoms with Crippen LogP contribution in [0.25, 0.3) is 122 Å². The molecule has 0 aliphatic rings. The first-order valence-electron chi connectivity index (χ1n) is 21.2. The number of benzene rings is 9. The number of para-hydroxylation sites is 1. The van der Waals surface area contributed by atoms with Crippen molar-refractivity contribution in [2.75, 3.05) is 0 Å². The number of nitrogens with zero attached hydrogens (tertiary/aromatic N) is 3. The van der Waals surface area contributed by atoms with Crippen molar-refractivity contribution in [1.29, 1.82) is 0 Å². The van der Waals surface area contributed by atoms with Crippen LogP contribution in [0, 0.1) is 0 Å². The molecule has 3 heterocycles. The van der Waals surface area contributed by atoms with E-state index in [0.717, 1.165) is 116 Å². The van der Waals surface area contributed by atoms with Crippen LogP contribution in [0.5, 0.6) is 0 Å². The molecule has 0 fully saturated rings. The van der Waals surface area contributed by atoms with E-state index in [4.69, 9.17) is 19.4 Å². The van der Waals surface area contributed by atoms with Crippen LogP contribution in [0.1, 0.15) is 0 Å². The van der Waals surface area contributed by atoms with Crippen LogP contribution in [0.15, 0.2) is 229 Å². The van der Waals surface area contributed by atoms with Gasteiger partial charge in [-0.1, -0.05) is 182 Å². The van der Waals surface area contributed by atoms with E-state index >= 15 is 0 Å². The zero-order chi connectivity index (χ0) is 41.7. The Morgan fingerprint density at radius 2 is 0.778 bits per heavy atom. The SMILES string of the molecule is c1ccc(-c2cc(-c3ccccc3)nc(-c3cccc(-c4ccc(-c5ccc(-c6ccc7nc(-c8ccccc8)c8ccc9oc%10ccccc%10c9c8c7c6)cc5)cc4)c3)n2)cc1. The molecule has 0 spiro atoms. The van der Waals surface area contributed by atoms with Crippen LogP contribution >= 0.6 is 0 Å². The second kappa shape index (κ2) is 15.2. The van der Waals surface area contributed by atoms with Crippen molar-refractivity contribution >= 4 is 43.6 Å². The zero-order valence-electron chi connectivity index (χ0n) is 34.1. The molecule has 4 heteroatoms. The van der Waals surface area contributed by atoms with Gasteiger partial charge < -0.3 is 4.42 Å². The molecule has 0 radical (unpaired) electrons. The first-order chi connectivity index (χ1) is 31.2. The van der Waals surface area contributed by atoms with Gasteiger partial charge >= 0.3 is 0 Å². The van der Waals surface area contributed by atoms with Crippen molar-refractivity contribution in [2.24, 2.45) is 0 Å².